The van der Waals surface area contributed by atoms with E-state index < -0.39 is 74.3 Å². The Balaban J connectivity index is 1.20. The molecule has 5 aromatic carbocycles. The first kappa shape index (κ1) is 53.4. The highest BCUT2D eigenvalue weighted by Gasteiger charge is 2.27. The van der Waals surface area contributed by atoms with E-state index in [0.29, 0.717) is 28.6 Å². The van der Waals surface area contributed by atoms with Gasteiger partial charge in [-0.3, -0.25) is 18.1 Å². The molecule has 3 aromatic heterocycles. The minimum atomic E-state index is -5.26. The lowest BCUT2D eigenvalue weighted by atomic mass is 10.1. The molecular formula is C41H32N10O17S6. The number of phenolic OH excluding ortho intramolecular Hbond substituents is 1. The number of nitrogens with zero attached hydrogens (tertiary/aromatic N) is 10. The zero-order valence-electron chi connectivity index (χ0n) is 37.6. The number of aryl methyl sites for hydroxylation is 1. The van der Waals surface area contributed by atoms with Crippen LogP contribution in [0.3, 0.4) is 0 Å². The van der Waals surface area contributed by atoms with Gasteiger partial charge in [0.1, 0.15) is 49.8 Å². The summed E-state index contributed by atoms with van der Waals surface area (Å²) in [6, 6.07) is 17.4. The molecule has 8 rings (SSSR count). The van der Waals surface area contributed by atoms with E-state index in [0.717, 1.165) is 29.5 Å². The smallest absolute Gasteiger partial charge is 0.297 e. The molecule has 0 bridgehead atoms. The van der Waals surface area contributed by atoms with Gasteiger partial charge >= 0.3 is 0 Å². The number of hydrogen-bond donors (Lipinski definition) is 6. The van der Waals surface area contributed by atoms with Gasteiger partial charge in [0.2, 0.25) is 11.0 Å². The molecule has 6 N–H and O–H groups in total. The fourth-order valence-electron chi connectivity index (χ4n) is 7.18. The van der Waals surface area contributed by atoms with E-state index in [9.17, 15) is 54.4 Å². The summed E-state index contributed by atoms with van der Waals surface area (Å²) in [4.78, 5) is 11.7. The number of nitriles is 1. The maximum absolute atomic E-state index is 13.2. The second-order valence-corrected chi connectivity index (χ2v) is 21.9. The zero-order chi connectivity index (χ0) is 53.3. The summed E-state index contributed by atoms with van der Waals surface area (Å²) in [6.07, 6.45) is -0.210. The number of aromatic nitrogens is 3. The molecule has 0 fully saturated rings. The van der Waals surface area contributed by atoms with Gasteiger partial charge in [-0.1, -0.05) is 28.5 Å². The average molecular weight is 1130 g/mol. The van der Waals surface area contributed by atoms with Crippen LogP contribution in [0.1, 0.15) is 23.1 Å². The van der Waals surface area contributed by atoms with Crippen LogP contribution in [0.25, 0.3) is 37.7 Å². The lowest BCUT2D eigenvalue weighted by Crippen LogP contribution is -2.08. The van der Waals surface area contributed by atoms with Crippen molar-refractivity contribution < 1.29 is 77.7 Å². The number of ether oxygens (including phenoxy) is 1. The molecule has 8 aromatic rings. The Labute approximate surface area is 428 Å². The monoisotopic (exact) mass is 1130 g/mol. The number of imidazole rings is 1. The summed E-state index contributed by atoms with van der Waals surface area (Å²) in [6.45, 7) is 2.72. The van der Waals surface area contributed by atoms with E-state index in [1.165, 1.54) is 42.7 Å². The molecule has 0 aliphatic heterocycles. The summed E-state index contributed by atoms with van der Waals surface area (Å²) < 4.78 is 120. The largest absolute Gasteiger partial charge is 0.505 e. The van der Waals surface area contributed by atoms with Gasteiger partial charge in [-0.25, -0.2) is 20.1 Å². The molecule has 33 heteroatoms. The Morgan fingerprint density at radius 1 is 0.797 bits per heavy atom. The molecule has 0 aliphatic rings. The molecule has 0 saturated carbocycles. The Morgan fingerprint density at radius 2 is 1.53 bits per heavy atom. The lowest BCUT2D eigenvalue weighted by Gasteiger charge is -2.13. The maximum atomic E-state index is 13.2. The summed E-state index contributed by atoms with van der Waals surface area (Å²) >= 11 is 1.78. The van der Waals surface area contributed by atoms with Gasteiger partial charge in [0.15, 0.2) is 17.1 Å². The Morgan fingerprint density at radius 3 is 2.23 bits per heavy atom. The standard InChI is InChI=1S/C41H32N10O17S6/c1-19-13-28(30(65-11-6-12-72(55,56)57)17-27(19)46-50-41-44-35-31(69-41)14-21(70-67-64-3)15-33(35)73(58,59)60)47-49-36-32(71-68-66-54)16-23-22(37(36)52)9-10-26(38(23)74(61,62)63)45-48-34-20(2)24(18-42)39-43-25-7-4-5-8-29(25)51(39)40(34)53/h4-5,7-10,13-17,52-54H,6,11-12H2,1-3H3,(H,55,56,57)(H,58,59,60)(H,61,62,63). The average Bonchev–Trinajstić information content (AvgIpc) is 3.94. The van der Waals surface area contributed by atoms with Crippen molar-refractivity contribution >= 4 is 137 Å². The van der Waals surface area contributed by atoms with Crippen LogP contribution in [0.5, 0.6) is 17.4 Å². The lowest BCUT2D eigenvalue weighted by molar-refractivity contribution is -0.432. The number of phenols is 1. The first-order valence-electron chi connectivity index (χ1n) is 20.4. The molecule has 0 radical (unpaired) electrons. The summed E-state index contributed by atoms with van der Waals surface area (Å²) in [7, 11) is -13.2. The number of benzene rings is 5. The Kier molecular flexibility index (Phi) is 15.5. The number of fused-ring (bicyclic) bond motifs is 5. The molecule has 0 amide bonds. The number of pyridine rings is 1. The zero-order valence-corrected chi connectivity index (χ0v) is 42.5. The molecule has 74 heavy (non-hydrogen) atoms. The number of aromatic hydroxyl groups is 2. The molecule has 0 spiro atoms. The molecule has 0 unspecified atom stereocenters. The number of hydrogen-bond acceptors (Lipinski definition) is 26. The highest BCUT2D eigenvalue weighted by molar-refractivity contribution is 7.95. The first-order chi connectivity index (χ1) is 35.1. The van der Waals surface area contributed by atoms with E-state index >= 15 is 0 Å². The van der Waals surface area contributed by atoms with Gasteiger partial charge in [0.05, 0.1) is 69.9 Å². The van der Waals surface area contributed by atoms with Crippen molar-refractivity contribution in [3.63, 3.8) is 0 Å². The topological polar surface area (TPSA) is 398 Å². The molecule has 3 heterocycles. The highest BCUT2D eigenvalue weighted by Crippen LogP contribution is 2.49. The predicted octanol–water partition coefficient (Wildman–Crippen LogP) is 10.6. The van der Waals surface area contributed by atoms with E-state index in [1.54, 1.807) is 31.2 Å². The van der Waals surface area contributed by atoms with Crippen molar-refractivity contribution in [3.05, 3.63) is 83.4 Å². The van der Waals surface area contributed by atoms with Crippen LogP contribution in [0.4, 0.5) is 33.6 Å². The second-order valence-electron chi connectivity index (χ2n) is 15.1. The van der Waals surface area contributed by atoms with Crippen molar-refractivity contribution in [1.82, 2.24) is 14.4 Å². The van der Waals surface area contributed by atoms with Crippen molar-refractivity contribution in [2.75, 3.05) is 19.5 Å². The van der Waals surface area contributed by atoms with Crippen molar-refractivity contribution in [1.29, 1.82) is 5.26 Å². The molecule has 384 valence electrons. The third-order valence-corrected chi connectivity index (χ3v) is 15.1. The fourth-order valence-corrected chi connectivity index (χ4v) is 11.2. The van der Waals surface area contributed by atoms with Crippen molar-refractivity contribution in [3.8, 4) is 23.4 Å². The first-order valence-corrected chi connectivity index (χ1v) is 27.2. The minimum Gasteiger partial charge on any atom is -0.505 e. The van der Waals surface area contributed by atoms with Crippen LogP contribution < -0.4 is 4.74 Å². The molecular weight excluding hydrogens is 1100 g/mol. The summed E-state index contributed by atoms with van der Waals surface area (Å²) in [5.74, 6) is -2.06. The second kappa shape index (κ2) is 21.5. The third kappa shape index (κ3) is 11.3. The van der Waals surface area contributed by atoms with Crippen LogP contribution >= 0.6 is 35.4 Å². The molecule has 0 atom stereocenters. The third-order valence-electron chi connectivity index (χ3n) is 10.4. The van der Waals surface area contributed by atoms with E-state index in [-0.39, 0.29) is 95.2 Å². The van der Waals surface area contributed by atoms with Crippen molar-refractivity contribution in [2.45, 2.75) is 39.9 Å². The number of azo groups is 3. The van der Waals surface area contributed by atoms with Gasteiger partial charge < -0.3 is 14.9 Å². The van der Waals surface area contributed by atoms with E-state index in [4.69, 9.17) is 14.3 Å². The van der Waals surface area contributed by atoms with Gasteiger partial charge in [-0.05, 0) is 74.4 Å². The van der Waals surface area contributed by atoms with Crippen molar-refractivity contribution in [2.24, 2.45) is 30.7 Å². The highest BCUT2D eigenvalue weighted by atomic mass is 32.2. The quantitative estimate of drug-likeness (QED) is 0.0109. The molecule has 27 nitrogen and oxygen atoms in total. The molecule has 0 saturated heterocycles. The summed E-state index contributed by atoms with van der Waals surface area (Å²) in [5.41, 5.74) is 0.221. The predicted molar refractivity (Wildman–Crippen MR) is 264 cm³/mol. The maximum Gasteiger partial charge on any atom is 0.297 e. The number of thiazole rings is 1. The molecule has 0 aliphatic carbocycles. The van der Waals surface area contributed by atoms with Gasteiger partial charge in [-0.2, -0.15) is 34.8 Å². The van der Waals surface area contributed by atoms with Gasteiger partial charge in [-0.15, -0.1) is 35.0 Å². The van der Waals surface area contributed by atoms with Gasteiger partial charge in [0, 0.05) is 27.3 Å². The van der Waals surface area contributed by atoms with E-state index in [1.807, 2.05) is 6.07 Å². The van der Waals surface area contributed by atoms with Crippen LogP contribution in [-0.4, -0.2) is 88.2 Å². The Hall–Kier alpha value is -6.88. The number of rotatable bonds is 19. The fraction of sp³-hybridized carbons (Fsp3) is 0.146. The normalized spacial score (nSPS) is 12.7. The van der Waals surface area contributed by atoms with Crippen LogP contribution in [0.15, 0.2) is 117 Å². The Bertz CT molecular complexity index is 4070. The number of para-hydroxylation sites is 2. The van der Waals surface area contributed by atoms with Gasteiger partial charge in [0.25, 0.3) is 30.4 Å². The van der Waals surface area contributed by atoms with Crippen LogP contribution in [-0.2, 0) is 48.9 Å². The van der Waals surface area contributed by atoms with Crippen LogP contribution in [0, 0.1) is 25.2 Å². The summed E-state index contributed by atoms with van der Waals surface area (Å²) in [5, 5.41) is 70.3. The minimum absolute atomic E-state index is 0.0271. The van der Waals surface area contributed by atoms with E-state index in [2.05, 4.69) is 54.9 Å². The van der Waals surface area contributed by atoms with Crippen LogP contribution in [0.2, 0.25) is 0 Å². The SMILES string of the molecule is COOSc1cc(S(=O)(=O)O)c2nc(N=Nc3cc(OCCCS(=O)(=O)O)c(N=Nc4c(SOOO)cc5c(S(=O)(=O)O)c(N=Nc6c(C)c(C#N)c7nc8ccccc8n7c6O)ccc5c4O)cc3C)sc2c1.